The molecule has 1 saturated carbocycles. The lowest BCUT2D eigenvalue weighted by Gasteiger charge is -2.37. The molecule has 3 heteroatoms. The Morgan fingerprint density at radius 2 is 2.19 bits per heavy atom. The Labute approximate surface area is 106 Å². The summed E-state index contributed by atoms with van der Waals surface area (Å²) in [5, 5.41) is 0. The Bertz CT molecular complexity index is 394. The van der Waals surface area contributed by atoms with Gasteiger partial charge in [0.2, 0.25) is 0 Å². The molecule has 0 aromatic carbocycles. The highest BCUT2D eigenvalue weighted by Gasteiger charge is 2.37. The zero-order valence-electron chi connectivity index (χ0n) is 9.75. The van der Waals surface area contributed by atoms with E-state index < -0.39 is 0 Å². The second-order valence-electron chi connectivity index (χ2n) is 5.25. The van der Waals surface area contributed by atoms with E-state index in [-0.39, 0.29) is 11.3 Å². The molecule has 2 rings (SSSR count). The third-order valence-electron chi connectivity index (χ3n) is 3.64. The maximum Gasteiger partial charge on any atom is 0.176 e. The number of thiophene rings is 1. The van der Waals surface area contributed by atoms with Crippen molar-refractivity contribution in [3.8, 4) is 0 Å². The van der Waals surface area contributed by atoms with E-state index in [9.17, 15) is 4.79 Å². The van der Waals surface area contributed by atoms with Crippen molar-refractivity contribution >= 4 is 28.7 Å². The third kappa shape index (κ3) is 2.33. The van der Waals surface area contributed by atoms with Gasteiger partial charge in [-0.15, -0.1) is 11.3 Å². The molecule has 1 aromatic heterocycles. The van der Waals surface area contributed by atoms with E-state index in [1.165, 1.54) is 24.2 Å². The van der Waals surface area contributed by atoms with Gasteiger partial charge in [-0.3, -0.25) is 4.79 Å². The van der Waals surface area contributed by atoms with Crippen LogP contribution in [0.15, 0.2) is 12.1 Å². The minimum Gasteiger partial charge on any atom is -0.293 e. The number of ketones is 1. The molecular weight excluding hydrogens is 240 g/mol. The highest BCUT2D eigenvalue weighted by atomic mass is 35.5. The molecule has 16 heavy (non-hydrogen) atoms. The first-order valence-electron chi connectivity index (χ1n) is 5.80. The number of carbonyl (C=O) groups is 1. The topological polar surface area (TPSA) is 17.1 Å². The van der Waals surface area contributed by atoms with Gasteiger partial charge in [-0.1, -0.05) is 38.3 Å². The summed E-state index contributed by atoms with van der Waals surface area (Å²) in [6.07, 6.45) is 4.62. The number of carbonyl (C=O) groups excluding carboxylic acids is 1. The van der Waals surface area contributed by atoms with Crippen LogP contribution in [0.3, 0.4) is 0 Å². The normalized spacial score (nSPS) is 24.3. The van der Waals surface area contributed by atoms with E-state index in [1.807, 2.05) is 12.1 Å². The van der Waals surface area contributed by atoms with Crippen molar-refractivity contribution in [3.05, 3.63) is 21.3 Å². The number of halogens is 1. The second kappa shape index (κ2) is 4.50. The lowest BCUT2D eigenvalue weighted by atomic mass is 9.67. The van der Waals surface area contributed by atoms with Crippen LogP contribution in [-0.2, 0) is 0 Å². The van der Waals surface area contributed by atoms with Gasteiger partial charge in [0.25, 0.3) is 0 Å². The van der Waals surface area contributed by atoms with E-state index in [0.717, 1.165) is 17.7 Å². The van der Waals surface area contributed by atoms with Crippen LogP contribution in [-0.4, -0.2) is 5.78 Å². The summed E-state index contributed by atoms with van der Waals surface area (Å²) in [6, 6.07) is 3.68. The number of hydrogen-bond donors (Lipinski definition) is 0. The van der Waals surface area contributed by atoms with Gasteiger partial charge in [0.15, 0.2) is 5.78 Å². The second-order valence-corrected chi connectivity index (χ2v) is 6.97. The molecule has 1 fully saturated rings. The molecule has 1 aromatic rings. The van der Waals surface area contributed by atoms with Crippen LogP contribution in [0.5, 0.6) is 0 Å². The Kier molecular flexibility index (Phi) is 3.41. The summed E-state index contributed by atoms with van der Waals surface area (Å²) in [4.78, 5) is 13.2. The lowest BCUT2D eigenvalue weighted by Crippen LogP contribution is -2.33. The van der Waals surface area contributed by atoms with E-state index in [2.05, 4.69) is 13.8 Å². The first kappa shape index (κ1) is 12.1. The van der Waals surface area contributed by atoms with E-state index in [1.54, 1.807) is 0 Å². The highest BCUT2D eigenvalue weighted by molar-refractivity contribution is 7.18. The maximum atomic E-state index is 12.4. The van der Waals surface area contributed by atoms with Crippen LogP contribution in [0, 0.1) is 11.3 Å². The fourth-order valence-corrected chi connectivity index (χ4v) is 3.64. The molecule has 0 N–H and O–H groups in total. The van der Waals surface area contributed by atoms with Crippen LogP contribution in [0.25, 0.3) is 0 Å². The predicted octanol–water partition coefficient (Wildman–Crippen LogP) is 4.80. The smallest absolute Gasteiger partial charge is 0.176 e. The molecule has 88 valence electrons. The predicted molar refractivity (Wildman–Crippen MR) is 69.4 cm³/mol. The fourth-order valence-electron chi connectivity index (χ4n) is 2.60. The van der Waals surface area contributed by atoms with Crippen LogP contribution in [0.2, 0.25) is 4.34 Å². The number of rotatable bonds is 2. The monoisotopic (exact) mass is 256 g/mol. The SMILES string of the molecule is CC1(C)CCCCC1C(=O)c1ccc(Cl)s1. The lowest BCUT2D eigenvalue weighted by molar-refractivity contribution is 0.0702. The average molecular weight is 257 g/mol. The first-order chi connectivity index (χ1) is 7.50. The zero-order chi connectivity index (χ0) is 11.8. The van der Waals surface area contributed by atoms with Gasteiger partial charge in [-0.2, -0.15) is 0 Å². The quantitative estimate of drug-likeness (QED) is 0.695. The molecule has 0 spiro atoms. The average Bonchev–Trinajstić information content (AvgIpc) is 2.63. The first-order valence-corrected chi connectivity index (χ1v) is 7.00. The largest absolute Gasteiger partial charge is 0.293 e. The summed E-state index contributed by atoms with van der Waals surface area (Å²) in [5.41, 5.74) is 0.145. The minimum absolute atomic E-state index is 0.145. The molecule has 0 radical (unpaired) electrons. The fraction of sp³-hybridized carbons (Fsp3) is 0.615. The van der Waals surface area contributed by atoms with Gasteiger partial charge in [-0.25, -0.2) is 0 Å². The molecule has 0 aliphatic heterocycles. The molecule has 1 heterocycles. The minimum atomic E-state index is 0.145. The van der Waals surface area contributed by atoms with Crippen molar-refractivity contribution in [2.24, 2.45) is 11.3 Å². The van der Waals surface area contributed by atoms with Crippen molar-refractivity contribution in [3.63, 3.8) is 0 Å². The molecule has 1 aliphatic carbocycles. The summed E-state index contributed by atoms with van der Waals surface area (Å²) >= 11 is 7.29. The van der Waals surface area contributed by atoms with Gasteiger partial charge < -0.3 is 0 Å². The molecule has 1 atom stereocenters. The maximum absolute atomic E-state index is 12.4. The van der Waals surface area contributed by atoms with Crippen molar-refractivity contribution in [2.45, 2.75) is 39.5 Å². The number of hydrogen-bond acceptors (Lipinski definition) is 2. The zero-order valence-corrected chi connectivity index (χ0v) is 11.3. The Hall–Kier alpha value is -0.340. The van der Waals surface area contributed by atoms with Crippen LogP contribution in [0.1, 0.15) is 49.2 Å². The Morgan fingerprint density at radius 3 is 2.75 bits per heavy atom. The van der Waals surface area contributed by atoms with Gasteiger partial charge in [0, 0.05) is 5.92 Å². The van der Waals surface area contributed by atoms with Crippen molar-refractivity contribution < 1.29 is 4.79 Å². The molecule has 0 saturated heterocycles. The van der Waals surface area contributed by atoms with Gasteiger partial charge in [0.1, 0.15) is 0 Å². The molecule has 0 amide bonds. The molecule has 1 unspecified atom stereocenters. The van der Waals surface area contributed by atoms with Crippen LogP contribution in [0.4, 0.5) is 0 Å². The van der Waals surface area contributed by atoms with Crippen LogP contribution < -0.4 is 0 Å². The molecule has 1 nitrogen and oxygen atoms in total. The molecular formula is C13H17ClOS. The molecule has 1 aliphatic rings. The van der Waals surface area contributed by atoms with Gasteiger partial charge in [-0.05, 0) is 30.4 Å². The highest BCUT2D eigenvalue weighted by Crippen LogP contribution is 2.43. The van der Waals surface area contributed by atoms with Gasteiger partial charge >= 0.3 is 0 Å². The van der Waals surface area contributed by atoms with E-state index in [4.69, 9.17) is 11.6 Å². The van der Waals surface area contributed by atoms with Crippen molar-refractivity contribution in [1.29, 1.82) is 0 Å². The van der Waals surface area contributed by atoms with E-state index in [0.29, 0.717) is 10.1 Å². The Balaban J connectivity index is 2.20. The Morgan fingerprint density at radius 1 is 1.44 bits per heavy atom. The summed E-state index contributed by atoms with van der Waals surface area (Å²) < 4.78 is 0.706. The third-order valence-corrected chi connectivity index (χ3v) is 4.89. The van der Waals surface area contributed by atoms with Gasteiger partial charge in [0.05, 0.1) is 9.21 Å². The summed E-state index contributed by atoms with van der Waals surface area (Å²) in [6.45, 7) is 4.42. The summed E-state index contributed by atoms with van der Waals surface area (Å²) in [5.74, 6) is 0.470. The number of Topliss-reactive ketones (excluding diaryl/α,β-unsaturated/α-hetero) is 1. The molecule has 0 bridgehead atoms. The standard InChI is InChI=1S/C13H17ClOS/c1-13(2)8-4-3-5-9(13)12(15)10-6-7-11(14)16-10/h6-7,9H,3-5,8H2,1-2H3. The summed E-state index contributed by atoms with van der Waals surface area (Å²) in [7, 11) is 0. The van der Waals surface area contributed by atoms with Crippen LogP contribution >= 0.6 is 22.9 Å². The van der Waals surface area contributed by atoms with Crippen molar-refractivity contribution in [2.75, 3.05) is 0 Å². The van der Waals surface area contributed by atoms with E-state index >= 15 is 0 Å². The van der Waals surface area contributed by atoms with Crippen molar-refractivity contribution in [1.82, 2.24) is 0 Å².